The molecule has 9 aromatic carbocycles. The maximum atomic E-state index is 2.51. The van der Waals surface area contributed by atoms with Gasteiger partial charge in [0, 0.05) is 27.8 Å². The Bertz CT molecular complexity index is 3130. The number of nitrogens with zero attached hydrogens (tertiary/aromatic N) is 1. The van der Waals surface area contributed by atoms with Gasteiger partial charge in [0.05, 0.1) is 5.69 Å². The van der Waals surface area contributed by atoms with Crippen molar-refractivity contribution in [1.29, 1.82) is 0 Å². The van der Waals surface area contributed by atoms with Crippen LogP contribution in [0.15, 0.2) is 212 Å². The molecular formula is C60H47N. The van der Waals surface area contributed by atoms with Crippen molar-refractivity contribution in [2.45, 2.75) is 38.5 Å². The summed E-state index contributed by atoms with van der Waals surface area (Å²) < 4.78 is 0. The highest BCUT2D eigenvalue weighted by atomic mass is 15.1. The van der Waals surface area contributed by atoms with Crippen molar-refractivity contribution in [3.8, 4) is 66.8 Å². The lowest BCUT2D eigenvalue weighted by atomic mass is 9.81. The van der Waals surface area contributed by atoms with Gasteiger partial charge in [0.25, 0.3) is 0 Å². The Morgan fingerprint density at radius 1 is 0.279 bits per heavy atom. The maximum absolute atomic E-state index is 2.51. The Morgan fingerprint density at radius 2 is 0.754 bits per heavy atom. The molecule has 0 fully saturated rings. The number of benzene rings is 9. The third-order valence-electron chi connectivity index (χ3n) is 13.5. The number of anilines is 3. The molecule has 0 aromatic heterocycles. The molecule has 61 heavy (non-hydrogen) atoms. The van der Waals surface area contributed by atoms with E-state index in [-0.39, 0.29) is 10.8 Å². The molecule has 0 N–H and O–H groups in total. The smallest absolute Gasteiger partial charge is 0.0546 e. The minimum Gasteiger partial charge on any atom is -0.310 e. The van der Waals surface area contributed by atoms with E-state index in [1.807, 2.05) is 0 Å². The van der Waals surface area contributed by atoms with Gasteiger partial charge >= 0.3 is 0 Å². The van der Waals surface area contributed by atoms with Crippen molar-refractivity contribution in [3.05, 3.63) is 235 Å². The predicted molar refractivity (Wildman–Crippen MR) is 258 cm³/mol. The van der Waals surface area contributed by atoms with E-state index in [1.165, 1.54) is 89.0 Å². The van der Waals surface area contributed by atoms with Crippen LogP contribution in [-0.2, 0) is 10.8 Å². The second-order valence-corrected chi connectivity index (χ2v) is 17.7. The van der Waals surface area contributed by atoms with Gasteiger partial charge in [-0.3, -0.25) is 0 Å². The van der Waals surface area contributed by atoms with Gasteiger partial charge in [0.1, 0.15) is 0 Å². The molecule has 9 aromatic rings. The number of rotatable bonds is 7. The molecule has 0 atom stereocenters. The van der Waals surface area contributed by atoms with Crippen molar-refractivity contribution in [2.75, 3.05) is 4.90 Å². The maximum Gasteiger partial charge on any atom is 0.0546 e. The minimum absolute atomic E-state index is 0.0843. The summed E-state index contributed by atoms with van der Waals surface area (Å²) in [5.41, 5.74) is 23.5. The molecule has 0 unspecified atom stereocenters. The highest BCUT2D eigenvalue weighted by Gasteiger charge is 2.37. The molecular weight excluding hydrogens is 735 g/mol. The van der Waals surface area contributed by atoms with E-state index in [2.05, 4.69) is 245 Å². The van der Waals surface area contributed by atoms with E-state index in [4.69, 9.17) is 0 Å². The molecule has 0 radical (unpaired) electrons. The molecule has 11 rings (SSSR count). The van der Waals surface area contributed by atoms with Crippen LogP contribution in [0.2, 0.25) is 0 Å². The van der Waals surface area contributed by atoms with Crippen molar-refractivity contribution in [1.82, 2.24) is 0 Å². The van der Waals surface area contributed by atoms with Crippen molar-refractivity contribution < 1.29 is 0 Å². The van der Waals surface area contributed by atoms with E-state index in [0.717, 1.165) is 17.1 Å². The van der Waals surface area contributed by atoms with Crippen LogP contribution < -0.4 is 4.90 Å². The first kappa shape index (κ1) is 36.8. The molecule has 0 saturated heterocycles. The highest BCUT2D eigenvalue weighted by molar-refractivity contribution is 6.02. The van der Waals surface area contributed by atoms with Crippen LogP contribution in [-0.4, -0.2) is 0 Å². The Morgan fingerprint density at radius 3 is 1.46 bits per heavy atom. The zero-order valence-corrected chi connectivity index (χ0v) is 35.2. The largest absolute Gasteiger partial charge is 0.310 e. The normalized spacial score (nSPS) is 13.8. The lowest BCUT2D eigenvalue weighted by molar-refractivity contribution is 0.660. The Kier molecular flexibility index (Phi) is 8.58. The summed E-state index contributed by atoms with van der Waals surface area (Å²) in [6.45, 7) is 9.44. The lowest BCUT2D eigenvalue weighted by Gasteiger charge is -2.31. The average Bonchev–Trinajstić information content (AvgIpc) is 3.68. The monoisotopic (exact) mass is 781 g/mol. The molecule has 0 bridgehead atoms. The van der Waals surface area contributed by atoms with Crippen molar-refractivity contribution in [2.24, 2.45) is 0 Å². The summed E-state index contributed by atoms with van der Waals surface area (Å²) in [4.78, 5) is 2.51. The van der Waals surface area contributed by atoms with Crippen LogP contribution in [0.5, 0.6) is 0 Å². The summed E-state index contributed by atoms with van der Waals surface area (Å²) >= 11 is 0. The fourth-order valence-electron chi connectivity index (χ4n) is 10.4. The predicted octanol–water partition coefficient (Wildman–Crippen LogP) is 16.4. The number of hydrogen-bond acceptors (Lipinski definition) is 1. The third-order valence-corrected chi connectivity index (χ3v) is 13.5. The summed E-state index contributed by atoms with van der Waals surface area (Å²) in [6, 6.07) is 78.7. The topological polar surface area (TPSA) is 3.24 Å². The summed E-state index contributed by atoms with van der Waals surface area (Å²) in [6.07, 6.45) is 0. The molecule has 0 amide bonds. The van der Waals surface area contributed by atoms with E-state index in [0.29, 0.717) is 0 Å². The lowest BCUT2D eigenvalue weighted by Crippen LogP contribution is -2.16. The summed E-state index contributed by atoms with van der Waals surface area (Å²) in [7, 11) is 0. The average molecular weight is 782 g/mol. The Balaban J connectivity index is 1.16. The van der Waals surface area contributed by atoms with Crippen LogP contribution in [0.25, 0.3) is 66.8 Å². The molecule has 0 heterocycles. The highest BCUT2D eigenvalue weighted by Crippen LogP contribution is 2.54. The number of fused-ring (bicyclic) bond motifs is 6. The van der Waals surface area contributed by atoms with Gasteiger partial charge in [-0.15, -0.1) is 0 Å². The van der Waals surface area contributed by atoms with E-state index < -0.39 is 0 Å². The quantitative estimate of drug-likeness (QED) is 0.156. The van der Waals surface area contributed by atoms with Crippen LogP contribution in [0.3, 0.4) is 0 Å². The Hall–Kier alpha value is -7.22. The second kappa shape index (κ2) is 14.2. The van der Waals surface area contributed by atoms with Crippen LogP contribution >= 0.6 is 0 Å². The standard InChI is InChI=1S/C60H47N/c1-59(2)54-31-16-14-27-49(54)52-39-45(34-36-55(52)59)61(44-24-17-23-42(37-44)43-33-35-50-48-26-13-15-30-53(48)60(3,4)56(50)38-43)57-32-18-29-47(41-21-9-6-10-22-41)58(57)51-28-12-11-25-46(51)40-19-7-5-8-20-40/h5-39H,1-4H3. The van der Waals surface area contributed by atoms with Gasteiger partial charge < -0.3 is 4.90 Å². The molecule has 0 spiro atoms. The van der Waals surface area contributed by atoms with E-state index in [9.17, 15) is 0 Å². The van der Waals surface area contributed by atoms with Crippen molar-refractivity contribution >= 4 is 17.1 Å². The zero-order valence-electron chi connectivity index (χ0n) is 35.2. The minimum atomic E-state index is -0.0940. The van der Waals surface area contributed by atoms with Gasteiger partial charge in [0.2, 0.25) is 0 Å². The summed E-state index contributed by atoms with van der Waals surface area (Å²) in [5, 5.41) is 0. The Labute approximate surface area is 360 Å². The van der Waals surface area contributed by atoms with E-state index >= 15 is 0 Å². The first-order valence-corrected chi connectivity index (χ1v) is 21.5. The molecule has 0 aliphatic heterocycles. The third kappa shape index (κ3) is 5.91. The molecule has 2 aliphatic rings. The molecule has 0 saturated carbocycles. The molecule has 1 heteroatoms. The molecule has 2 aliphatic carbocycles. The fraction of sp³-hybridized carbons (Fsp3) is 0.100. The van der Waals surface area contributed by atoms with Crippen LogP contribution in [0, 0.1) is 0 Å². The van der Waals surface area contributed by atoms with Gasteiger partial charge in [-0.05, 0) is 120 Å². The van der Waals surface area contributed by atoms with Crippen LogP contribution in [0.4, 0.5) is 17.1 Å². The summed E-state index contributed by atoms with van der Waals surface area (Å²) in [5.74, 6) is 0. The van der Waals surface area contributed by atoms with E-state index in [1.54, 1.807) is 0 Å². The van der Waals surface area contributed by atoms with Gasteiger partial charge in [-0.1, -0.05) is 204 Å². The molecule has 1 nitrogen and oxygen atoms in total. The SMILES string of the molecule is CC1(C)c2ccccc2-c2cc(N(c3cccc(-c4ccc5c(c4)C(C)(C)c4ccccc4-5)c3)c3cccc(-c4ccccc4)c3-c3ccccc3-c3ccccc3)ccc21. The van der Waals surface area contributed by atoms with Gasteiger partial charge in [0.15, 0.2) is 0 Å². The number of hydrogen-bond donors (Lipinski definition) is 0. The van der Waals surface area contributed by atoms with Gasteiger partial charge in [-0.2, -0.15) is 0 Å². The molecule has 292 valence electrons. The zero-order chi connectivity index (χ0) is 41.3. The van der Waals surface area contributed by atoms with Crippen molar-refractivity contribution in [3.63, 3.8) is 0 Å². The fourth-order valence-corrected chi connectivity index (χ4v) is 10.4. The van der Waals surface area contributed by atoms with Crippen LogP contribution in [0.1, 0.15) is 49.9 Å². The second-order valence-electron chi connectivity index (χ2n) is 17.7. The first-order valence-electron chi connectivity index (χ1n) is 21.5. The first-order chi connectivity index (χ1) is 29.8. The van der Waals surface area contributed by atoms with Gasteiger partial charge in [-0.25, -0.2) is 0 Å².